The van der Waals surface area contributed by atoms with Crippen molar-refractivity contribution in [1.82, 2.24) is 15.1 Å². The van der Waals surface area contributed by atoms with Crippen LogP contribution >= 0.6 is 0 Å². The van der Waals surface area contributed by atoms with E-state index in [2.05, 4.69) is 30.8 Å². The van der Waals surface area contributed by atoms with Gasteiger partial charge < -0.3 is 5.32 Å². The highest BCUT2D eigenvalue weighted by Gasteiger charge is 2.21. The molecule has 2 rings (SSSR count). The molecule has 0 radical (unpaired) electrons. The average molecular weight is 291 g/mol. The lowest BCUT2D eigenvalue weighted by atomic mass is 10.0. The van der Waals surface area contributed by atoms with Gasteiger partial charge in [0, 0.05) is 5.69 Å². The van der Waals surface area contributed by atoms with Gasteiger partial charge in [-0.1, -0.05) is 46.5 Å². The van der Waals surface area contributed by atoms with E-state index in [1.54, 1.807) is 0 Å². The van der Waals surface area contributed by atoms with Crippen LogP contribution in [0.15, 0.2) is 0 Å². The Morgan fingerprint density at radius 3 is 2.33 bits per heavy atom. The molecule has 1 aliphatic rings. The quantitative estimate of drug-likeness (QED) is 0.606. The fraction of sp³-hybridized carbons (Fsp3) is 0.833. The van der Waals surface area contributed by atoms with Crippen LogP contribution in [-0.2, 0) is 19.3 Å². The first-order chi connectivity index (χ1) is 10.3. The molecule has 0 saturated heterocycles. The summed E-state index contributed by atoms with van der Waals surface area (Å²) < 4.78 is 2.42. The molecular weight excluding hydrogens is 258 g/mol. The van der Waals surface area contributed by atoms with E-state index in [1.807, 2.05) is 0 Å². The van der Waals surface area contributed by atoms with Crippen molar-refractivity contribution in [1.29, 1.82) is 0 Å². The van der Waals surface area contributed by atoms with Crippen molar-refractivity contribution in [3.8, 4) is 0 Å². The van der Waals surface area contributed by atoms with Crippen molar-refractivity contribution in [3.05, 3.63) is 17.0 Å². The lowest BCUT2D eigenvalue weighted by Gasteiger charge is -2.18. The van der Waals surface area contributed by atoms with Gasteiger partial charge in [-0.05, 0) is 50.8 Å². The molecule has 1 heterocycles. The van der Waals surface area contributed by atoms with E-state index < -0.39 is 0 Å². The molecule has 3 heteroatoms. The Morgan fingerprint density at radius 2 is 1.76 bits per heavy atom. The average Bonchev–Trinajstić information content (AvgIpc) is 2.67. The van der Waals surface area contributed by atoms with E-state index in [4.69, 9.17) is 5.10 Å². The van der Waals surface area contributed by atoms with Gasteiger partial charge in [0.2, 0.25) is 0 Å². The molecule has 1 aliphatic carbocycles. The van der Waals surface area contributed by atoms with E-state index in [9.17, 15) is 0 Å². The largest absolute Gasteiger partial charge is 0.317 e. The minimum Gasteiger partial charge on any atom is -0.317 e. The highest BCUT2D eigenvalue weighted by molar-refractivity contribution is 5.28. The van der Waals surface area contributed by atoms with Crippen molar-refractivity contribution < 1.29 is 0 Å². The Hall–Kier alpha value is -0.830. The first-order valence-electron chi connectivity index (χ1n) is 9.11. The maximum absolute atomic E-state index is 5.03. The first kappa shape index (κ1) is 16.5. The van der Waals surface area contributed by atoms with Crippen LogP contribution in [0.25, 0.3) is 0 Å². The second kappa shape index (κ2) is 8.57. The summed E-state index contributed by atoms with van der Waals surface area (Å²) in [6, 6.07) is 0.653. The molecule has 1 aromatic rings. The van der Waals surface area contributed by atoms with Crippen LogP contribution in [-0.4, -0.2) is 22.9 Å². The van der Waals surface area contributed by atoms with Crippen LogP contribution in [0.3, 0.4) is 0 Å². The molecule has 3 nitrogen and oxygen atoms in total. The van der Waals surface area contributed by atoms with E-state index in [1.165, 1.54) is 55.5 Å². The highest BCUT2D eigenvalue weighted by Crippen LogP contribution is 2.30. The smallest absolute Gasteiger partial charge is 0.0657 e. The predicted octanol–water partition coefficient (Wildman–Crippen LogP) is 4.06. The topological polar surface area (TPSA) is 29.9 Å². The third-order valence-electron chi connectivity index (χ3n) is 4.84. The van der Waals surface area contributed by atoms with Crippen LogP contribution in [0.5, 0.6) is 0 Å². The molecule has 0 aromatic carbocycles. The maximum atomic E-state index is 5.03. The Bertz CT molecular complexity index is 414. The molecule has 0 atom stereocenters. The Morgan fingerprint density at radius 1 is 1.05 bits per heavy atom. The van der Waals surface area contributed by atoms with Gasteiger partial charge in [-0.25, -0.2) is 0 Å². The highest BCUT2D eigenvalue weighted by atomic mass is 15.3. The molecule has 0 aliphatic heterocycles. The van der Waals surface area contributed by atoms with Crippen LogP contribution in [0, 0.1) is 0 Å². The summed E-state index contributed by atoms with van der Waals surface area (Å²) in [6.45, 7) is 8.85. The van der Waals surface area contributed by atoms with Crippen molar-refractivity contribution in [2.75, 3.05) is 13.1 Å². The molecule has 0 amide bonds. The van der Waals surface area contributed by atoms with Crippen molar-refractivity contribution >= 4 is 0 Å². The van der Waals surface area contributed by atoms with Gasteiger partial charge in [-0.15, -0.1) is 0 Å². The van der Waals surface area contributed by atoms with Crippen LogP contribution in [0.4, 0.5) is 0 Å². The third-order valence-corrected chi connectivity index (χ3v) is 4.84. The molecule has 1 saturated carbocycles. The molecule has 0 bridgehead atoms. The monoisotopic (exact) mass is 291 g/mol. The van der Waals surface area contributed by atoms with Crippen LogP contribution in [0.2, 0.25) is 0 Å². The van der Waals surface area contributed by atoms with Gasteiger partial charge in [0.15, 0.2) is 0 Å². The zero-order valence-electron chi connectivity index (χ0n) is 14.2. The van der Waals surface area contributed by atoms with Crippen molar-refractivity contribution in [3.63, 3.8) is 0 Å². The zero-order valence-corrected chi connectivity index (χ0v) is 14.2. The number of nitrogens with zero attached hydrogens (tertiary/aromatic N) is 2. The Balaban J connectivity index is 2.23. The fourth-order valence-corrected chi connectivity index (χ4v) is 3.70. The van der Waals surface area contributed by atoms with Gasteiger partial charge in [0.1, 0.15) is 0 Å². The van der Waals surface area contributed by atoms with Crippen LogP contribution < -0.4 is 5.32 Å². The van der Waals surface area contributed by atoms with Gasteiger partial charge in [-0.2, -0.15) is 5.10 Å². The number of hydrogen-bond donors (Lipinski definition) is 1. The molecule has 21 heavy (non-hydrogen) atoms. The molecule has 1 N–H and O–H groups in total. The number of hydrogen-bond acceptors (Lipinski definition) is 2. The minimum atomic E-state index is 0.653. The normalized spacial score (nSPS) is 17.1. The van der Waals surface area contributed by atoms with Crippen LogP contribution in [0.1, 0.15) is 82.3 Å². The van der Waals surface area contributed by atoms with Gasteiger partial charge in [0.05, 0.1) is 11.7 Å². The summed E-state index contributed by atoms with van der Waals surface area (Å²) in [5, 5.41) is 8.49. The van der Waals surface area contributed by atoms with Crippen molar-refractivity contribution in [2.24, 2.45) is 0 Å². The van der Waals surface area contributed by atoms with E-state index in [0.29, 0.717) is 6.04 Å². The molecule has 0 unspecified atom stereocenters. The fourth-order valence-electron chi connectivity index (χ4n) is 3.70. The van der Waals surface area contributed by atoms with Crippen molar-refractivity contribution in [2.45, 2.75) is 84.6 Å². The number of nitrogens with one attached hydrogen (secondary N) is 1. The SMILES string of the molecule is CCNCCc1c(CC)nn(C2CCCCCC2)c1CC. The minimum absolute atomic E-state index is 0.653. The Kier molecular flexibility index (Phi) is 6.75. The summed E-state index contributed by atoms with van der Waals surface area (Å²) >= 11 is 0. The van der Waals surface area contributed by atoms with Gasteiger partial charge in [-0.3, -0.25) is 4.68 Å². The van der Waals surface area contributed by atoms with Gasteiger partial charge >= 0.3 is 0 Å². The summed E-state index contributed by atoms with van der Waals surface area (Å²) in [4.78, 5) is 0. The lowest BCUT2D eigenvalue weighted by Crippen LogP contribution is -2.17. The molecule has 1 aromatic heterocycles. The standard InChI is InChI=1S/C18H33N3/c1-4-17-16(13-14-19-6-3)18(5-2)21(20-17)15-11-9-7-8-10-12-15/h15,19H,4-14H2,1-3H3. The molecule has 1 fully saturated rings. The summed E-state index contributed by atoms with van der Waals surface area (Å²) in [6.07, 6.45) is 11.5. The Labute approximate surface area is 130 Å². The predicted molar refractivity (Wildman–Crippen MR) is 90.0 cm³/mol. The van der Waals surface area contributed by atoms with Gasteiger partial charge in [0.25, 0.3) is 0 Å². The van der Waals surface area contributed by atoms with E-state index in [-0.39, 0.29) is 0 Å². The molecular formula is C18H33N3. The number of aryl methyl sites for hydroxylation is 1. The van der Waals surface area contributed by atoms with E-state index in [0.717, 1.165) is 32.4 Å². The summed E-state index contributed by atoms with van der Waals surface area (Å²) in [5.41, 5.74) is 4.39. The number of aromatic nitrogens is 2. The second-order valence-corrected chi connectivity index (χ2v) is 6.27. The summed E-state index contributed by atoms with van der Waals surface area (Å²) in [5.74, 6) is 0. The first-order valence-corrected chi connectivity index (χ1v) is 9.11. The summed E-state index contributed by atoms with van der Waals surface area (Å²) in [7, 11) is 0. The number of likely N-dealkylation sites (N-methyl/N-ethyl adjacent to an activating group) is 1. The lowest BCUT2D eigenvalue weighted by molar-refractivity contribution is 0.392. The second-order valence-electron chi connectivity index (χ2n) is 6.27. The molecule has 0 spiro atoms. The van der Waals surface area contributed by atoms with E-state index >= 15 is 0 Å². The number of rotatable bonds is 7. The maximum Gasteiger partial charge on any atom is 0.0657 e. The zero-order chi connectivity index (χ0) is 15.1. The molecule has 120 valence electrons. The third kappa shape index (κ3) is 4.09.